The van der Waals surface area contributed by atoms with Crippen molar-refractivity contribution in [2.45, 2.75) is 18.2 Å². The highest BCUT2D eigenvalue weighted by Crippen LogP contribution is 2.29. The monoisotopic (exact) mass is 308 g/mol. The number of rotatable bonds is 4. The number of hydrogen-bond donors (Lipinski definition) is 1. The van der Waals surface area contributed by atoms with E-state index in [1.165, 1.54) is 7.11 Å². The molecule has 2 N–H and O–H groups in total. The molecule has 1 heterocycles. The molecule has 0 aromatic carbocycles. The molecule has 0 unspecified atom stereocenters. The summed E-state index contributed by atoms with van der Waals surface area (Å²) in [6.07, 6.45) is -1.74. The largest absolute Gasteiger partial charge is 0.469 e. The smallest absolute Gasteiger partial charge is 0.311 e. The molecule has 0 aliphatic heterocycles. The molecule has 1 aromatic rings. The molecule has 17 heavy (non-hydrogen) atoms. The van der Waals surface area contributed by atoms with E-state index < -0.39 is 12.4 Å². The summed E-state index contributed by atoms with van der Waals surface area (Å²) in [7, 11) is 1.23. The van der Waals surface area contributed by atoms with E-state index in [9.17, 15) is 13.6 Å². The molecule has 0 fully saturated rings. The van der Waals surface area contributed by atoms with Gasteiger partial charge in [-0.3, -0.25) is 9.78 Å². The summed E-state index contributed by atoms with van der Waals surface area (Å²) in [5, 5.41) is 0.176. The van der Waals surface area contributed by atoms with Crippen LogP contribution in [-0.4, -0.2) is 18.1 Å². The molecule has 0 amide bonds. The first-order chi connectivity index (χ1) is 8.01. The maximum Gasteiger partial charge on any atom is 0.311 e. The van der Waals surface area contributed by atoms with Gasteiger partial charge in [0.2, 0.25) is 0 Å². The SMILES string of the molecule is COC(=O)Cc1ncc(C(F)F)c(CBr)c1N. The Morgan fingerprint density at radius 3 is 2.76 bits per heavy atom. The van der Waals surface area contributed by atoms with Crippen LogP contribution >= 0.6 is 15.9 Å². The number of halogens is 3. The zero-order valence-electron chi connectivity index (χ0n) is 9.04. The molecule has 0 spiro atoms. The van der Waals surface area contributed by atoms with Gasteiger partial charge in [0.25, 0.3) is 6.43 Å². The highest BCUT2D eigenvalue weighted by atomic mass is 79.9. The van der Waals surface area contributed by atoms with Gasteiger partial charge in [-0.25, -0.2) is 8.78 Å². The first kappa shape index (κ1) is 13.8. The molecule has 1 rings (SSSR count). The van der Waals surface area contributed by atoms with Crippen LogP contribution in [0.5, 0.6) is 0 Å². The fraction of sp³-hybridized carbons (Fsp3) is 0.400. The van der Waals surface area contributed by atoms with Gasteiger partial charge in [0, 0.05) is 17.1 Å². The van der Waals surface area contributed by atoms with E-state index in [-0.39, 0.29) is 34.3 Å². The van der Waals surface area contributed by atoms with Crippen LogP contribution in [0.25, 0.3) is 0 Å². The lowest BCUT2D eigenvalue weighted by atomic mass is 10.1. The summed E-state index contributed by atoms with van der Waals surface area (Å²) < 4.78 is 29.8. The van der Waals surface area contributed by atoms with E-state index in [1.54, 1.807) is 0 Å². The fourth-order valence-electron chi connectivity index (χ4n) is 1.31. The van der Waals surface area contributed by atoms with Crippen molar-refractivity contribution < 1.29 is 18.3 Å². The number of nitrogens with two attached hydrogens (primary N) is 1. The quantitative estimate of drug-likeness (QED) is 0.684. The van der Waals surface area contributed by atoms with Gasteiger partial charge in [-0.1, -0.05) is 15.9 Å². The third-order valence-electron chi connectivity index (χ3n) is 2.25. The molecule has 0 atom stereocenters. The second kappa shape index (κ2) is 5.90. The van der Waals surface area contributed by atoms with Crippen molar-refractivity contribution in [1.82, 2.24) is 4.98 Å². The molecule has 0 saturated heterocycles. The van der Waals surface area contributed by atoms with Gasteiger partial charge in [0.15, 0.2) is 0 Å². The van der Waals surface area contributed by atoms with Gasteiger partial charge in [0.05, 0.1) is 24.9 Å². The average molecular weight is 309 g/mol. The Labute approximate surface area is 105 Å². The predicted octanol–water partition coefficient (Wildman–Crippen LogP) is 2.21. The van der Waals surface area contributed by atoms with Crippen LogP contribution in [0.4, 0.5) is 14.5 Å². The average Bonchev–Trinajstić information content (AvgIpc) is 2.30. The Kier molecular flexibility index (Phi) is 4.80. The molecule has 1 aromatic heterocycles. The minimum atomic E-state index is -2.65. The number of carbonyl (C=O) groups excluding carboxylic acids is 1. The van der Waals surface area contributed by atoms with Gasteiger partial charge >= 0.3 is 5.97 Å². The summed E-state index contributed by atoms with van der Waals surface area (Å²) in [6.45, 7) is 0. The van der Waals surface area contributed by atoms with Gasteiger partial charge < -0.3 is 10.5 Å². The molecule has 0 bridgehead atoms. The van der Waals surface area contributed by atoms with E-state index in [4.69, 9.17) is 5.73 Å². The molecule has 4 nitrogen and oxygen atoms in total. The highest BCUT2D eigenvalue weighted by Gasteiger charge is 2.19. The van der Waals surface area contributed by atoms with Gasteiger partial charge in [-0.15, -0.1) is 0 Å². The van der Waals surface area contributed by atoms with Gasteiger partial charge in [-0.05, 0) is 5.56 Å². The van der Waals surface area contributed by atoms with Crippen LogP contribution in [-0.2, 0) is 21.3 Å². The minimum Gasteiger partial charge on any atom is -0.469 e. The summed E-state index contributed by atoms with van der Waals surface area (Å²) in [6, 6.07) is 0. The lowest BCUT2D eigenvalue weighted by Crippen LogP contribution is -2.11. The first-order valence-corrected chi connectivity index (χ1v) is 5.80. The number of pyridine rings is 1. The van der Waals surface area contributed by atoms with Crippen LogP contribution in [0.2, 0.25) is 0 Å². The fourth-order valence-corrected chi connectivity index (χ4v) is 1.94. The van der Waals surface area contributed by atoms with E-state index in [1.807, 2.05) is 0 Å². The number of carbonyl (C=O) groups is 1. The molecule has 7 heteroatoms. The minimum absolute atomic E-state index is 0.102. The topological polar surface area (TPSA) is 65.2 Å². The number of ether oxygens (including phenoxy) is 1. The Balaban J connectivity index is 3.15. The number of nitrogen functional groups attached to an aromatic ring is 1. The maximum atomic E-state index is 12.6. The Morgan fingerprint density at radius 2 is 2.29 bits per heavy atom. The molecular formula is C10H11BrF2N2O2. The number of esters is 1. The van der Waals surface area contributed by atoms with Crippen molar-refractivity contribution in [1.29, 1.82) is 0 Å². The molecule has 0 aliphatic carbocycles. The Hall–Kier alpha value is -1.24. The Morgan fingerprint density at radius 1 is 1.65 bits per heavy atom. The zero-order valence-corrected chi connectivity index (χ0v) is 10.6. The highest BCUT2D eigenvalue weighted by molar-refractivity contribution is 9.08. The van der Waals surface area contributed by atoms with Crippen LogP contribution < -0.4 is 5.73 Å². The standard InChI is InChI=1S/C10H11BrF2N2O2/c1-17-8(16)2-7-9(14)5(3-11)6(4-15-7)10(12)13/h4,10H,2-3,14H2,1H3. The van der Waals surface area contributed by atoms with Crippen molar-refractivity contribution in [3.8, 4) is 0 Å². The van der Waals surface area contributed by atoms with Crippen LogP contribution in [0.3, 0.4) is 0 Å². The number of hydrogen-bond acceptors (Lipinski definition) is 4. The lowest BCUT2D eigenvalue weighted by Gasteiger charge is -2.12. The molecule has 0 radical (unpaired) electrons. The third kappa shape index (κ3) is 3.12. The summed E-state index contributed by atoms with van der Waals surface area (Å²) in [5.74, 6) is -0.519. The van der Waals surface area contributed by atoms with Gasteiger partial charge in [-0.2, -0.15) is 0 Å². The Bertz CT molecular complexity index is 427. The second-order valence-electron chi connectivity index (χ2n) is 3.24. The number of aromatic nitrogens is 1. The zero-order chi connectivity index (χ0) is 13.0. The predicted molar refractivity (Wildman–Crippen MR) is 62.0 cm³/mol. The third-order valence-corrected chi connectivity index (χ3v) is 2.81. The number of anilines is 1. The van der Waals surface area contributed by atoms with Crippen molar-refractivity contribution in [2.75, 3.05) is 12.8 Å². The van der Waals surface area contributed by atoms with Crippen molar-refractivity contribution >= 4 is 27.6 Å². The lowest BCUT2D eigenvalue weighted by molar-refractivity contribution is -0.139. The van der Waals surface area contributed by atoms with E-state index in [0.717, 1.165) is 6.20 Å². The van der Waals surface area contributed by atoms with Crippen LogP contribution in [0.15, 0.2) is 6.20 Å². The molecule has 94 valence electrons. The number of nitrogens with zero attached hydrogens (tertiary/aromatic N) is 1. The van der Waals surface area contributed by atoms with Crippen LogP contribution in [0, 0.1) is 0 Å². The summed E-state index contributed by atoms with van der Waals surface area (Å²) in [5.41, 5.74) is 6.08. The number of alkyl halides is 3. The maximum absolute atomic E-state index is 12.6. The van der Waals surface area contributed by atoms with E-state index in [0.29, 0.717) is 0 Å². The van der Waals surface area contributed by atoms with Gasteiger partial charge in [0.1, 0.15) is 0 Å². The van der Waals surface area contributed by atoms with E-state index in [2.05, 4.69) is 25.7 Å². The van der Waals surface area contributed by atoms with E-state index >= 15 is 0 Å². The van der Waals surface area contributed by atoms with Crippen LogP contribution in [0.1, 0.15) is 23.2 Å². The van der Waals surface area contributed by atoms with Crippen molar-refractivity contribution in [3.63, 3.8) is 0 Å². The number of methoxy groups -OCH3 is 1. The van der Waals surface area contributed by atoms with Crippen molar-refractivity contribution in [3.05, 3.63) is 23.0 Å². The van der Waals surface area contributed by atoms with Crippen molar-refractivity contribution in [2.24, 2.45) is 0 Å². The molecular weight excluding hydrogens is 298 g/mol. The molecule has 0 aliphatic rings. The summed E-state index contributed by atoms with van der Waals surface area (Å²) in [4.78, 5) is 14.8. The first-order valence-electron chi connectivity index (χ1n) is 4.68. The second-order valence-corrected chi connectivity index (χ2v) is 3.80. The molecule has 0 saturated carbocycles. The summed E-state index contributed by atoms with van der Waals surface area (Å²) >= 11 is 3.09. The normalized spacial score (nSPS) is 10.6.